The molecule has 6 heteroatoms. The van der Waals surface area contributed by atoms with Gasteiger partial charge in [0.2, 0.25) is 10.0 Å². The average molecular weight is 297 g/mol. The van der Waals surface area contributed by atoms with Gasteiger partial charge >= 0.3 is 0 Å². The van der Waals surface area contributed by atoms with Crippen LogP contribution in [0, 0.1) is 18.8 Å². The van der Waals surface area contributed by atoms with Crippen LogP contribution in [0.25, 0.3) is 0 Å². The molecule has 110 valence electrons. The van der Waals surface area contributed by atoms with Gasteiger partial charge in [-0.1, -0.05) is 17.9 Å². The second-order valence-corrected chi connectivity index (χ2v) is 6.48. The summed E-state index contributed by atoms with van der Waals surface area (Å²) in [7, 11) is -2.32. The van der Waals surface area contributed by atoms with Crippen molar-refractivity contribution >= 4 is 10.0 Å². The Bertz CT molecular complexity index is 628. The topological polar surface area (TPSA) is 77.8 Å². The van der Waals surface area contributed by atoms with Crippen LogP contribution in [0.3, 0.4) is 0 Å². The molecule has 20 heavy (non-hydrogen) atoms. The molecule has 0 aliphatic rings. The Morgan fingerprint density at radius 2 is 2.00 bits per heavy atom. The van der Waals surface area contributed by atoms with Crippen LogP contribution in [0.15, 0.2) is 23.1 Å². The minimum absolute atomic E-state index is 0.0758. The normalized spacial score (nSPS) is 12.9. The van der Waals surface area contributed by atoms with Crippen molar-refractivity contribution in [2.75, 3.05) is 20.3 Å². The summed E-state index contributed by atoms with van der Waals surface area (Å²) in [5.41, 5.74) is 1.22. The molecule has 0 fully saturated rings. The summed E-state index contributed by atoms with van der Waals surface area (Å²) < 4.78 is 26.1. The Kier molecular flexibility index (Phi) is 5.72. The van der Waals surface area contributed by atoms with Crippen molar-refractivity contribution in [1.82, 2.24) is 4.31 Å². The summed E-state index contributed by atoms with van der Waals surface area (Å²) in [5.74, 6) is 5.11. The minimum Gasteiger partial charge on any atom is -0.395 e. The Hall–Kier alpha value is -1.39. The van der Waals surface area contributed by atoms with E-state index in [-0.39, 0.29) is 18.1 Å². The maximum atomic E-state index is 12.5. The van der Waals surface area contributed by atoms with E-state index in [1.165, 1.54) is 13.1 Å². The molecule has 1 atom stereocenters. The van der Waals surface area contributed by atoms with E-state index < -0.39 is 16.1 Å². The fraction of sp³-hybridized carbons (Fsp3) is 0.429. The van der Waals surface area contributed by atoms with Crippen molar-refractivity contribution in [3.63, 3.8) is 0 Å². The lowest BCUT2D eigenvalue weighted by molar-refractivity contribution is 0.214. The third-order valence-electron chi connectivity index (χ3n) is 2.98. The van der Waals surface area contributed by atoms with E-state index in [2.05, 4.69) is 11.8 Å². The van der Waals surface area contributed by atoms with Crippen molar-refractivity contribution < 1.29 is 18.6 Å². The van der Waals surface area contributed by atoms with Crippen LogP contribution in [0.5, 0.6) is 0 Å². The molecule has 1 unspecified atom stereocenters. The Morgan fingerprint density at radius 3 is 2.55 bits per heavy atom. The van der Waals surface area contributed by atoms with Gasteiger partial charge in [-0.3, -0.25) is 0 Å². The first-order valence-electron chi connectivity index (χ1n) is 6.14. The van der Waals surface area contributed by atoms with Crippen molar-refractivity contribution in [1.29, 1.82) is 0 Å². The molecule has 0 heterocycles. The highest BCUT2D eigenvalue weighted by Crippen LogP contribution is 2.21. The molecule has 0 aliphatic carbocycles. The summed E-state index contributed by atoms with van der Waals surface area (Å²) in [5, 5.41) is 17.9. The molecule has 0 spiro atoms. The molecule has 0 bridgehead atoms. The quantitative estimate of drug-likeness (QED) is 0.786. The van der Waals surface area contributed by atoms with Crippen molar-refractivity contribution in [2.45, 2.75) is 24.8 Å². The monoisotopic (exact) mass is 297 g/mol. The van der Waals surface area contributed by atoms with E-state index in [0.29, 0.717) is 5.56 Å². The van der Waals surface area contributed by atoms with Gasteiger partial charge in [-0.05, 0) is 31.5 Å². The van der Waals surface area contributed by atoms with E-state index in [4.69, 9.17) is 10.2 Å². The number of rotatable bonds is 4. The largest absolute Gasteiger partial charge is 0.395 e. The number of aliphatic hydroxyl groups is 2. The lowest BCUT2D eigenvalue weighted by Gasteiger charge is -2.23. The third kappa shape index (κ3) is 3.58. The second-order valence-electron chi connectivity index (χ2n) is 4.51. The van der Waals surface area contributed by atoms with Gasteiger partial charge in [0.1, 0.15) is 6.61 Å². The number of sulfonamides is 1. The molecule has 2 N–H and O–H groups in total. The van der Waals surface area contributed by atoms with Crippen LogP contribution >= 0.6 is 0 Å². The molecule has 0 radical (unpaired) electrons. The van der Waals surface area contributed by atoms with Crippen LogP contribution in [0.2, 0.25) is 0 Å². The molecular weight excluding hydrogens is 278 g/mol. The van der Waals surface area contributed by atoms with Gasteiger partial charge in [0.25, 0.3) is 0 Å². The summed E-state index contributed by atoms with van der Waals surface area (Å²) in [6.45, 7) is 2.85. The Morgan fingerprint density at radius 1 is 1.35 bits per heavy atom. The highest BCUT2D eigenvalue weighted by Gasteiger charge is 2.27. The van der Waals surface area contributed by atoms with Crippen LogP contribution < -0.4 is 0 Å². The summed E-state index contributed by atoms with van der Waals surface area (Å²) in [6.07, 6.45) is 0. The Balaban J connectivity index is 3.38. The molecule has 1 aromatic carbocycles. The zero-order valence-corrected chi connectivity index (χ0v) is 12.6. The van der Waals surface area contributed by atoms with Crippen molar-refractivity contribution in [3.05, 3.63) is 29.3 Å². The fourth-order valence-corrected chi connectivity index (χ4v) is 3.09. The van der Waals surface area contributed by atoms with E-state index in [0.717, 1.165) is 9.87 Å². The minimum atomic E-state index is -3.74. The fourth-order valence-electron chi connectivity index (χ4n) is 1.61. The van der Waals surface area contributed by atoms with Crippen molar-refractivity contribution in [2.24, 2.45) is 0 Å². The number of likely N-dealkylation sites (N-methyl/N-ethyl adjacent to an activating group) is 1. The molecule has 1 aromatic rings. The standard InChI is InChI=1S/C14H19NO4S/c1-11-6-7-14(13(9-11)5-4-8-16)20(18,19)15(3)12(2)10-17/h6-7,9,12,16-17H,8,10H2,1-3H3. The van der Waals surface area contributed by atoms with E-state index in [1.54, 1.807) is 19.1 Å². The van der Waals surface area contributed by atoms with Crippen LogP contribution in [-0.4, -0.2) is 49.2 Å². The molecular formula is C14H19NO4S. The smallest absolute Gasteiger partial charge is 0.244 e. The van der Waals surface area contributed by atoms with Gasteiger partial charge in [0.05, 0.1) is 11.5 Å². The highest BCUT2D eigenvalue weighted by atomic mass is 32.2. The molecule has 1 rings (SSSR count). The SMILES string of the molecule is Cc1ccc(S(=O)(=O)N(C)C(C)CO)c(C#CCO)c1. The molecule has 0 saturated heterocycles. The van der Waals surface area contributed by atoms with Gasteiger partial charge in [-0.25, -0.2) is 8.42 Å². The molecule has 5 nitrogen and oxygen atoms in total. The first-order chi connectivity index (χ1) is 9.34. The Labute approximate surface area is 119 Å². The van der Waals surface area contributed by atoms with Crippen LogP contribution in [0.4, 0.5) is 0 Å². The highest BCUT2D eigenvalue weighted by molar-refractivity contribution is 7.89. The number of aliphatic hydroxyl groups excluding tert-OH is 2. The van der Waals surface area contributed by atoms with Gasteiger partial charge in [-0.2, -0.15) is 4.31 Å². The first-order valence-corrected chi connectivity index (χ1v) is 7.58. The lowest BCUT2D eigenvalue weighted by Crippen LogP contribution is -2.37. The van der Waals surface area contributed by atoms with E-state index in [9.17, 15) is 8.42 Å². The third-order valence-corrected chi connectivity index (χ3v) is 5.01. The number of hydrogen-bond acceptors (Lipinski definition) is 4. The average Bonchev–Trinajstić information content (AvgIpc) is 2.43. The predicted octanol–water partition coefficient (Wildman–Crippen LogP) is 0.340. The summed E-state index contributed by atoms with van der Waals surface area (Å²) in [4.78, 5) is 0.0758. The first kappa shape index (κ1) is 16.7. The zero-order chi connectivity index (χ0) is 15.3. The number of benzene rings is 1. The summed E-state index contributed by atoms with van der Waals surface area (Å²) >= 11 is 0. The van der Waals surface area contributed by atoms with Crippen molar-refractivity contribution in [3.8, 4) is 11.8 Å². The number of aryl methyl sites for hydroxylation is 1. The van der Waals surface area contributed by atoms with Gasteiger partial charge in [0.15, 0.2) is 0 Å². The molecule has 0 saturated carbocycles. The second kappa shape index (κ2) is 6.86. The maximum absolute atomic E-state index is 12.5. The molecule has 0 aliphatic heterocycles. The van der Waals surface area contributed by atoms with Gasteiger partial charge in [-0.15, -0.1) is 0 Å². The van der Waals surface area contributed by atoms with Gasteiger partial charge in [0, 0.05) is 18.7 Å². The van der Waals surface area contributed by atoms with Crippen LogP contribution in [-0.2, 0) is 10.0 Å². The molecule has 0 amide bonds. The van der Waals surface area contributed by atoms with Crippen LogP contribution in [0.1, 0.15) is 18.1 Å². The summed E-state index contributed by atoms with van der Waals surface area (Å²) in [6, 6.07) is 4.31. The zero-order valence-electron chi connectivity index (χ0n) is 11.8. The van der Waals surface area contributed by atoms with Gasteiger partial charge < -0.3 is 10.2 Å². The maximum Gasteiger partial charge on any atom is 0.244 e. The lowest BCUT2D eigenvalue weighted by atomic mass is 10.1. The number of hydrogen-bond donors (Lipinski definition) is 2. The number of nitrogens with zero attached hydrogens (tertiary/aromatic N) is 1. The van der Waals surface area contributed by atoms with E-state index >= 15 is 0 Å². The predicted molar refractivity (Wildman–Crippen MR) is 76.6 cm³/mol. The molecule has 0 aromatic heterocycles. The van der Waals surface area contributed by atoms with E-state index in [1.807, 2.05) is 6.92 Å².